The second-order valence-electron chi connectivity index (χ2n) is 9.19. The monoisotopic (exact) mass is 445 g/mol. The molecule has 0 atom stereocenters. The molecule has 2 aromatic carbocycles. The molecule has 6 nitrogen and oxygen atoms in total. The number of anilines is 4. The van der Waals surface area contributed by atoms with Gasteiger partial charge in [-0.15, -0.1) is 0 Å². The molecule has 1 saturated heterocycles. The maximum Gasteiger partial charge on any atom is 0.229 e. The molecule has 0 radical (unpaired) electrons. The van der Waals surface area contributed by atoms with E-state index in [9.17, 15) is 0 Å². The summed E-state index contributed by atoms with van der Waals surface area (Å²) in [6, 6.07) is 12.6. The number of para-hydroxylation sites is 1. The van der Waals surface area contributed by atoms with Gasteiger partial charge in [-0.2, -0.15) is 4.98 Å². The number of benzene rings is 2. The number of hydrogen-bond acceptors (Lipinski definition) is 6. The summed E-state index contributed by atoms with van der Waals surface area (Å²) < 4.78 is 6.22. The summed E-state index contributed by atoms with van der Waals surface area (Å²) >= 11 is 0. The number of aromatic nitrogens is 2. The highest BCUT2D eigenvalue weighted by Gasteiger charge is 2.20. The van der Waals surface area contributed by atoms with Crippen molar-refractivity contribution in [3.8, 4) is 5.75 Å². The summed E-state index contributed by atoms with van der Waals surface area (Å²) in [5.74, 6) is 2.74. The van der Waals surface area contributed by atoms with Crippen LogP contribution in [-0.2, 0) is 0 Å². The molecule has 33 heavy (non-hydrogen) atoms. The molecule has 1 aliphatic heterocycles. The Bertz CT molecular complexity index is 1110. The molecular formula is C27H35N5O. The predicted octanol–water partition coefficient (Wildman–Crippen LogP) is 6.14. The van der Waals surface area contributed by atoms with E-state index in [-0.39, 0.29) is 6.10 Å². The molecular weight excluding hydrogens is 410 g/mol. The van der Waals surface area contributed by atoms with Crippen molar-refractivity contribution in [2.75, 3.05) is 23.7 Å². The Morgan fingerprint density at radius 3 is 2.42 bits per heavy atom. The third-order valence-electron chi connectivity index (χ3n) is 6.13. The summed E-state index contributed by atoms with van der Waals surface area (Å²) in [5.41, 5.74) is 6.73. The minimum absolute atomic E-state index is 0.0753. The van der Waals surface area contributed by atoms with E-state index in [1.165, 1.54) is 16.7 Å². The normalized spacial score (nSPS) is 14.4. The summed E-state index contributed by atoms with van der Waals surface area (Å²) in [5, 5.41) is 10.3. The number of piperidine rings is 1. The fourth-order valence-electron chi connectivity index (χ4n) is 4.32. The largest absolute Gasteiger partial charge is 0.489 e. The first-order chi connectivity index (χ1) is 15.9. The lowest BCUT2D eigenvalue weighted by Crippen LogP contribution is -2.27. The molecule has 4 rings (SSSR count). The van der Waals surface area contributed by atoms with Gasteiger partial charge in [0.25, 0.3) is 0 Å². The van der Waals surface area contributed by atoms with Crippen molar-refractivity contribution in [3.63, 3.8) is 0 Å². The zero-order chi connectivity index (χ0) is 23.4. The zero-order valence-corrected chi connectivity index (χ0v) is 20.3. The number of nitrogens with zero attached hydrogens (tertiary/aromatic N) is 2. The second kappa shape index (κ2) is 10.2. The summed E-state index contributed by atoms with van der Waals surface area (Å²) in [4.78, 5) is 9.30. The van der Waals surface area contributed by atoms with Crippen molar-refractivity contribution in [1.29, 1.82) is 0 Å². The lowest BCUT2D eigenvalue weighted by atomic mass is 9.87. The van der Waals surface area contributed by atoms with Crippen LogP contribution in [0.15, 0.2) is 42.6 Å². The average molecular weight is 446 g/mol. The van der Waals surface area contributed by atoms with Crippen LogP contribution in [0, 0.1) is 20.8 Å². The van der Waals surface area contributed by atoms with Gasteiger partial charge < -0.3 is 20.7 Å². The first kappa shape index (κ1) is 23.1. The molecule has 174 valence electrons. The minimum atomic E-state index is 0.0753. The van der Waals surface area contributed by atoms with Crippen molar-refractivity contribution < 1.29 is 4.74 Å². The maximum atomic E-state index is 6.22. The fourth-order valence-corrected chi connectivity index (χ4v) is 4.32. The molecule has 0 amide bonds. The molecule has 0 spiro atoms. The van der Waals surface area contributed by atoms with Gasteiger partial charge in [0, 0.05) is 17.4 Å². The Morgan fingerprint density at radius 1 is 0.939 bits per heavy atom. The predicted molar refractivity (Wildman–Crippen MR) is 136 cm³/mol. The van der Waals surface area contributed by atoms with Crippen LogP contribution in [0.3, 0.4) is 0 Å². The second-order valence-corrected chi connectivity index (χ2v) is 9.19. The van der Waals surface area contributed by atoms with Crippen molar-refractivity contribution in [3.05, 3.63) is 64.8 Å². The zero-order valence-electron chi connectivity index (χ0n) is 20.3. The molecule has 1 aromatic heterocycles. The van der Waals surface area contributed by atoms with E-state index in [2.05, 4.69) is 72.9 Å². The van der Waals surface area contributed by atoms with Gasteiger partial charge in [0.2, 0.25) is 5.95 Å². The van der Waals surface area contributed by atoms with Crippen LogP contribution in [-0.4, -0.2) is 29.2 Å². The first-order valence-corrected chi connectivity index (χ1v) is 11.9. The van der Waals surface area contributed by atoms with Gasteiger partial charge in [-0.1, -0.05) is 18.2 Å². The van der Waals surface area contributed by atoms with Gasteiger partial charge in [0.05, 0.1) is 11.8 Å². The van der Waals surface area contributed by atoms with Gasteiger partial charge in [0.1, 0.15) is 11.6 Å². The number of aryl methyl sites for hydroxylation is 3. The van der Waals surface area contributed by atoms with E-state index in [0.717, 1.165) is 54.4 Å². The summed E-state index contributed by atoms with van der Waals surface area (Å²) in [6.07, 6.45) is 4.23. The molecule has 0 saturated carbocycles. The van der Waals surface area contributed by atoms with Gasteiger partial charge >= 0.3 is 0 Å². The van der Waals surface area contributed by atoms with E-state index in [4.69, 9.17) is 9.72 Å². The molecule has 3 aromatic rings. The van der Waals surface area contributed by atoms with Crippen LogP contribution in [0.25, 0.3) is 0 Å². The first-order valence-electron chi connectivity index (χ1n) is 11.9. The molecule has 0 aliphatic carbocycles. The fraction of sp³-hybridized carbons (Fsp3) is 0.407. The smallest absolute Gasteiger partial charge is 0.229 e. The minimum Gasteiger partial charge on any atom is -0.489 e. The van der Waals surface area contributed by atoms with Crippen LogP contribution in [0.2, 0.25) is 0 Å². The molecule has 6 heteroatoms. The number of nitrogens with one attached hydrogen (secondary N) is 3. The third-order valence-corrected chi connectivity index (χ3v) is 6.13. The Balaban J connectivity index is 1.63. The highest BCUT2D eigenvalue weighted by Crippen LogP contribution is 2.37. The summed E-state index contributed by atoms with van der Waals surface area (Å²) in [6.45, 7) is 12.5. The number of ether oxygens (including phenoxy) is 1. The molecule has 3 N–H and O–H groups in total. The Labute approximate surface area is 197 Å². The Kier molecular flexibility index (Phi) is 7.14. The van der Waals surface area contributed by atoms with Gasteiger partial charge in [0.15, 0.2) is 0 Å². The maximum absolute atomic E-state index is 6.22. The van der Waals surface area contributed by atoms with Crippen LogP contribution < -0.4 is 20.7 Å². The number of hydrogen-bond donors (Lipinski definition) is 3. The molecule has 0 unspecified atom stereocenters. The Hall–Kier alpha value is -3.12. The van der Waals surface area contributed by atoms with Crippen LogP contribution in [0.4, 0.5) is 23.1 Å². The number of rotatable bonds is 7. The standard InChI is InChI=1S/C27H35N5O/c1-17(2)33-25-15-22(21-10-12-28-13-11-21)19(4)14-24(25)31-27-29-16-20(5)26(32-27)30-23-9-7-6-8-18(23)3/h6-9,14-17,21,28H,10-13H2,1-5H3,(H2,29,30,31,32). The van der Waals surface area contributed by atoms with Crippen molar-refractivity contribution in [2.45, 2.75) is 59.5 Å². The summed E-state index contributed by atoms with van der Waals surface area (Å²) in [7, 11) is 0. The molecule has 0 bridgehead atoms. The average Bonchev–Trinajstić information content (AvgIpc) is 2.79. The Morgan fingerprint density at radius 2 is 1.70 bits per heavy atom. The van der Waals surface area contributed by atoms with E-state index in [1.54, 1.807) is 0 Å². The molecule has 1 aliphatic rings. The van der Waals surface area contributed by atoms with Crippen LogP contribution >= 0.6 is 0 Å². The van der Waals surface area contributed by atoms with Crippen LogP contribution in [0.5, 0.6) is 5.75 Å². The lowest BCUT2D eigenvalue weighted by Gasteiger charge is -2.26. The molecule has 1 fully saturated rings. The highest BCUT2D eigenvalue weighted by atomic mass is 16.5. The van der Waals surface area contributed by atoms with Crippen molar-refractivity contribution in [2.24, 2.45) is 0 Å². The SMILES string of the molecule is Cc1ccccc1Nc1nc(Nc2cc(C)c(C3CCNCC3)cc2OC(C)C)ncc1C. The van der Waals surface area contributed by atoms with Crippen molar-refractivity contribution in [1.82, 2.24) is 15.3 Å². The van der Waals surface area contributed by atoms with Crippen molar-refractivity contribution >= 4 is 23.1 Å². The van der Waals surface area contributed by atoms with Gasteiger partial charge in [-0.25, -0.2) is 4.98 Å². The molecule has 2 heterocycles. The topological polar surface area (TPSA) is 71.1 Å². The van der Waals surface area contributed by atoms with Gasteiger partial charge in [-0.05, 0) is 101 Å². The quantitative estimate of drug-likeness (QED) is 0.406. The van der Waals surface area contributed by atoms with E-state index in [0.29, 0.717) is 11.9 Å². The van der Waals surface area contributed by atoms with E-state index >= 15 is 0 Å². The van der Waals surface area contributed by atoms with E-state index in [1.807, 2.05) is 25.3 Å². The third kappa shape index (κ3) is 5.63. The lowest BCUT2D eigenvalue weighted by molar-refractivity contribution is 0.243. The highest BCUT2D eigenvalue weighted by molar-refractivity contribution is 5.68. The van der Waals surface area contributed by atoms with Gasteiger partial charge in [-0.3, -0.25) is 0 Å². The van der Waals surface area contributed by atoms with E-state index < -0.39 is 0 Å². The van der Waals surface area contributed by atoms with Crippen LogP contribution in [0.1, 0.15) is 54.9 Å².